The van der Waals surface area contributed by atoms with Crippen molar-refractivity contribution in [2.75, 3.05) is 20.2 Å². The van der Waals surface area contributed by atoms with Gasteiger partial charge in [0.1, 0.15) is 18.1 Å². The molecule has 3 rings (SSSR count). The second-order valence-electron chi connectivity index (χ2n) is 6.68. The monoisotopic (exact) mass is 389 g/mol. The molecule has 3 aromatic carbocycles. The van der Waals surface area contributed by atoms with Crippen LogP contribution in [0.2, 0.25) is 0 Å². The number of hydrogen-bond acceptors (Lipinski definition) is 3. The van der Waals surface area contributed by atoms with Crippen LogP contribution in [0.5, 0.6) is 11.5 Å². The fourth-order valence-corrected chi connectivity index (χ4v) is 3.25. The van der Waals surface area contributed by atoms with Gasteiger partial charge in [0.05, 0.1) is 7.11 Å². The molecule has 0 aliphatic heterocycles. The Labute approximate surface area is 172 Å². The first kappa shape index (κ1) is 20.5. The van der Waals surface area contributed by atoms with Crippen LogP contribution < -0.4 is 9.47 Å². The molecule has 29 heavy (non-hydrogen) atoms. The zero-order chi connectivity index (χ0) is 20.6. The minimum absolute atomic E-state index is 0.0196. The van der Waals surface area contributed by atoms with E-state index in [9.17, 15) is 4.79 Å². The van der Waals surface area contributed by atoms with Crippen molar-refractivity contribution in [2.24, 2.45) is 0 Å². The summed E-state index contributed by atoms with van der Waals surface area (Å²) >= 11 is 0. The third-order valence-electron chi connectivity index (χ3n) is 4.93. The zero-order valence-electron chi connectivity index (χ0n) is 17.2. The molecule has 1 amide bonds. The molecule has 0 aromatic heterocycles. The van der Waals surface area contributed by atoms with Crippen LogP contribution in [0.15, 0.2) is 72.8 Å². The lowest BCUT2D eigenvalue weighted by Gasteiger charge is -2.19. The molecule has 0 atom stereocenters. The lowest BCUT2D eigenvalue weighted by Crippen LogP contribution is -2.30. The molecule has 0 fully saturated rings. The summed E-state index contributed by atoms with van der Waals surface area (Å²) in [4.78, 5) is 14.4. The van der Waals surface area contributed by atoms with Gasteiger partial charge in [-0.2, -0.15) is 0 Å². The first-order chi connectivity index (χ1) is 14.2. The Morgan fingerprint density at radius 2 is 1.52 bits per heavy atom. The van der Waals surface area contributed by atoms with Gasteiger partial charge >= 0.3 is 0 Å². The second kappa shape index (κ2) is 9.78. The Morgan fingerprint density at radius 1 is 0.862 bits per heavy atom. The molecule has 0 spiro atoms. The van der Waals surface area contributed by atoms with Gasteiger partial charge < -0.3 is 14.4 Å². The average Bonchev–Trinajstić information content (AvgIpc) is 2.79. The first-order valence-corrected chi connectivity index (χ1v) is 9.90. The molecule has 0 radical (unpaired) electrons. The minimum Gasteiger partial charge on any atom is -0.496 e. The Morgan fingerprint density at radius 3 is 2.14 bits per heavy atom. The smallest absolute Gasteiger partial charge is 0.253 e. The van der Waals surface area contributed by atoms with Crippen molar-refractivity contribution in [1.82, 2.24) is 4.90 Å². The van der Waals surface area contributed by atoms with E-state index in [0.717, 1.165) is 16.9 Å². The molecule has 3 aromatic rings. The van der Waals surface area contributed by atoms with Crippen molar-refractivity contribution in [3.8, 4) is 22.6 Å². The zero-order valence-corrected chi connectivity index (χ0v) is 17.2. The molecule has 0 N–H and O–H groups in total. The van der Waals surface area contributed by atoms with E-state index < -0.39 is 0 Å². The predicted octanol–water partition coefficient (Wildman–Crippen LogP) is 5.42. The maximum atomic E-state index is 12.6. The number of benzene rings is 3. The Hall–Kier alpha value is -3.27. The summed E-state index contributed by atoms with van der Waals surface area (Å²) in [5.74, 6) is 1.50. The summed E-state index contributed by atoms with van der Waals surface area (Å²) in [6, 6.07) is 23.7. The van der Waals surface area contributed by atoms with Gasteiger partial charge in [-0.15, -0.1) is 0 Å². The van der Waals surface area contributed by atoms with E-state index in [4.69, 9.17) is 9.47 Å². The fraction of sp³-hybridized carbons (Fsp3) is 0.240. The van der Waals surface area contributed by atoms with Crippen molar-refractivity contribution in [3.05, 3.63) is 83.9 Å². The largest absolute Gasteiger partial charge is 0.496 e. The summed E-state index contributed by atoms with van der Waals surface area (Å²) < 4.78 is 11.4. The lowest BCUT2D eigenvalue weighted by atomic mass is 10.1. The fourth-order valence-electron chi connectivity index (χ4n) is 3.25. The van der Waals surface area contributed by atoms with E-state index in [1.807, 2.05) is 68.4 Å². The molecule has 150 valence electrons. The van der Waals surface area contributed by atoms with Crippen LogP contribution in [0.1, 0.15) is 29.8 Å². The van der Waals surface area contributed by atoms with E-state index in [-0.39, 0.29) is 5.91 Å². The summed E-state index contributed by atoms with van der Waals surface area (Å²) in [6.07, 6.45) is 0. The highest BCUT2D eigenvalue weighted by Gasteiger charge is 2.15. The van der Waals surface area contributed by atoms with Gasteiger partial charge in [0.2, 0.25) is 0 Å². The third kappa shape index (κ3) is 4.96. The van der Waals surface area contributed by atoms with Crippen molar-refractivity contribution in [1.29, 1.82) is 0 Å². The summed E-state index contributed by atoms with van der Waals surface area (Å²) in [5.41, 5.74) is 3.80. The summed E-state index contributed by atoms with van der Waals surface area (Å²) in [5, 5.41) is 0. The van der Waals surface area contributed by atoms with Gasteiger partial charge in [0.15, 0.2) is 0 Å². The molecule has 0 aliphatic rings. The number of hydrogen-bond donors (Lipinski definition) is 0. The van der Waals surface area contributed by atoms with Crippen LogP contribution in [0, 0.1) is 0 Å². The number of carbonyl (C=O) groups is 1. The number of rotatable bonds is 8. The second-order valence-corrected chi connectivity index (χ2v) is 6.68. The molecular weight excluding hydrogens is 362 g/mol. The van der Waals surface area contributed by atoms with Crippen LogP contribution in [0.25, 0.3) is 11.1 Å². The van der Waals surface area contributed by atoms with Crippen molar-refractivity contribution in [3.63, 3.8) is 0 Å². The standard InChI is InChI=1S/C25H27NO3/c1-4-26(5-2)25(27)21-13-16-24(28-3)22(17-21)18-29-23-14-11-20(12-15-23)19-9-7-6-8-10-19/h6-17H,4-5,18H2,1-3H3. The highest BCUT2D eigenvalue weighted by molar-refractivity contribution is 5.94. The van der Waals surface area contributed by atoms with Gasteiger partial charge in [-0.05, 0) is 55.3 Å². The predicted molar refractivity (Wildman–Crippen MR) is 116 cm³/mol. The topological polar surface area (TPSA) is 38.8 Å². The molecule has 0 aliphatic carbocycles. The van der Waals surface area contributed by atoms with Gasteiger partial charge in [-0.25, -0.2) is 0 Å². The molecule has 0 bridgehead atoms. The molecular formula is C25H27NO3. The normalized spacial score (nSPS) is 10.4. The van der Waals surface area contributed by atoms with E-state index >= 15 is 0 Å². The molecule has 0 unspecified atom stereocenters. The summed E-state index contributed by atoms with van der Waals surface area (Å²) in [7, 11) is 1.62. The van der Waals surface area contributed by atoms with Crippen molar-refractivity contribution in [2.45, 2.75) is 20.5 Å². The SMILES string of the molecule is CCN(CC)C(=O)c1ccc(OC)c(COc2ccc(-c3ccccc3)cc2)c1. The van der Waals surface area contributed by atoms with Gasteiger partial charge in [0.25, 0.3) is 5.91 Å². The molecule has 0 heterocycles. The molecule has 4 heteroatoms. The highest BCUT2D eigenvalue weighted by Crippen LogP contribution is 2.25. The minimum atomic E-state index is 0.0196. The third-order valence-corrected chi connectivity index (χ3v) is 4.93. The van der Waals surface area contributed by atoms with E-state index in [1.54, 1.807) is 18.1 Å². The Balaban J connectivity index is 1.74. The van der Waals surface area contributed by atoms with E-state index in [1.165, 1.54) is 5.56 Å². The van der Waals surface area contributed by atoms with Crippen LogP contribution in [0.4, 0.5) is 0 Å². The number of amides is 1. The van der Waals surface area contributed by atoms with Crippen molar-refractivity contribution < 1.29 is 14.3 Å². The number of nitrogens with zero attached hydrogens (tertiary/aromatic N) is 1. The molecule has 4 nitrogen and oxygen atoms in total. The number of carbonyl (C=O) groups excluding carboxylic acids is 1. The van der Waals surface area contributed by atoms with E-state index in [2.05, 4.69) is 12.1 Å². The average molecular weight is 389 g/mol. The molecule has 0 saturated heterocycles. The Bertz CT molecular complexity index is 932. The molecule has 0 saturated carbocycles. The number of ether oxygens (including phenoxy) is 2. The maximum Gasteiger partial charge on any atom is 0.253 e. The van der Waals surface area contributed by atoms with Crippen LogP contribution in [-0.4, -0.2) is 31.0 Å². The van der Waals surface area contributed by atoms with Crippen LogP contribution in [-0.2, 0) is 6.61 Å². The first-order valence-electron chi connectivity index (χ1n) is 9.90. The van der Waals surface area contributed by atoms with Gasteiger partial charge in [-0.1, -0.05) is 42.5 Å². The van der Waals surface area contributed by atoms with Crippen molar-refractivity contribution >= 4 is 5.91 Å². The van der Waals surface area contributed by atoms with Gasteiger partial charge in [0, 0.05) is 24.2 Å². The van der Waals surface area contributed by atoms with Gasteiger partial charge in [-0.3, -0.25) is 4.79 Å². The quantitative estimate of drug-likeness (QED) is 0.516. The number of methoxy groups -OCH3 is 1. The van der Waals surface area contributed by atoms with Crippen LogP contribution >= 0.6 is 0 Å². The Kier molecular flexibility index (Phi) is 6.90. The van der Waals surface area contributed by atoms with E-state index in [0.29, 0.717) is 31.0 Å². The lowest BCUT2D eigenvalue weighted by molar-refractivity contribution is 0.0772. The highest BCUT2D eigenvalue weighted by atomic mass is 16.5. The van der Waals surface area contributed by atoms with Crippen LogP contribution in [0.3, 0.4) is 0 Å². The maximum absolute atomic E-state index is 12.6. The summed E-state index contributed by atoms with van der Waals surface area (Å²) in [6.45, 7) is 5.65.